The van der Waals surface area contributed by atoms with E-state index in [1.165, 1.54) is 44.8 Å². The first-order chi connectivity index (χ1) is 13.5. The topological polar surface area (TPSA) is 111 Å². The molecular formula is C18H16FN5O4. The van der Waals surface area contributed by atoms with E-state index in [0.29, 0.717) is 22.9 Å². The number of nitro groups is 1. The Labute approximate surface area is 159 Å². The zero-order chi connectivity index (χ0) is 20.1. The Morgan fingerprint density at radius 2 is 1.68 bits per heavy atom. The summed E-state index contributed by atoms with van der Waals surface area (Å²) >= 11 is 0. The Bertz CT molecular complexity index is 998. The van der Waals surface area contributed by atoms with Gasteiger partial charge in [-0.05, 0) is 36.4 Å². The zero-order valence-corrected chi connectivity index (χ0v) is 15.0. The highest BCUT2D eigenvalue weighted by molar-refractivity contribution is 5.78. The van der Waals surface area contributed by atoms with Crippen molar-refractivity contribution in [3.05, 3.63) is 64.7 Å². The zero-order valence-electron chi connectivity index (χ0n) is 15.0. The number of ether oxygens (including phenoxy) is 2. The van der Waals surface area contributed by atoms with Gasteiger partial charge >= 0.3 is 5.69 Å². The van der Waals surface area contributed by atoms with Crippen LogP contribution in [-0.2, 0) is 0 Å². The van der Waals surface area contributed by atoms with Crippen LogP contribution in [0.25, 0.3) is 0 Å². The second-order valence-electron chi connectivity index (χ2n) is 5.50. The van der Waals surface area contributed by atoms with Crippen molar-refractivity contribution in [2.45, 2.75) is 0 Å². The maximum atomic E-state index is 13.1. The van der Waals surface area contributed by atoms with E-state index in [2.05, 4.69) is 20.6 Å². The molecule has 0 aliphatic carbocycles. The summed E-state index contributed by atoms with van der Waals surface area (Å²) in [4.78, 5) is 19.0. The summed E-state index contributed by atoms with van der Waals surface area (Å²) < 4.78 is 23.5. The molecule has 0 amide bonds. The number of nitrogens with zero attached hydrogens (tertiary/aromatic N) is 3. The quantitative estimate of drug-likeness (QED) is 0.463. The molecule has 3 rings (SSSR count). The van der Waals surface area contributed by atoms with Crippen LogP contribution in [0.1, 0.15) is 0 Å². The van der Waals surface area contributed by atoms with Gasteiger partial charge in [-0.25, -0.2) is 14.4 Å². The smallest absolute Gasteiger partial charge is 0.353 e. The molecule has 0 fully saturated rings. The normalized spacial score (nSPS) is 10.2. The highest BCUT2D eigenvalue weighted by Crippen LogP contribution is 2.36. The van der Waals surface area contributed by atoms with Crippen LogP contribution >= 0.6 is 0 Å². The molecule has 1 aromatic heterocycles. The Kier molecular flexibility index (Phi) is 5.49. The number of halogens is 1. The Balaban J connectivity index is 2.00. The van der Waals surface area contributed by atoms with Crippen LogP contribution in [0.3, 0.4) is 0 Å². The number of anilines is 4. The second-order valence-corrected chi connectivity index (χ2v) is 5.50. The lowest BCUT2D eigenvalue weighted by molar-refractivity contribution is -0.383. The Morgan fingerprint density at radius 3 is 2.29 bits per heavy atom. The standard InChI is InChI=1S/C18H16FN5O4/c1-27-13-7-8-15(28-2)14(9-13)23-18-16(24(25)26)17(20-10-21-18)22-12-5-3-11(19)4-6-12/h3-10H,1-2H3,(H2,20,21,22,23). The van der Waals surface area contributed by atoms with Gasteiger partial charge in [0.2, 0.25) is 11.6 Å². The van der Waals surface area contributed by atoms with Crippen LogP contribution in [0, 0.1) is 15.9 Å². The molecule has 0 aliphatic rings. The van der Waals surface area contributed by atoms with E-state index in [-0.39, 0.29) is 17.3 Å². The van der Waals surface area contributed by atoms with Crippen LogP contribution in [0.15, 0.2) is 48.8 Å². The molecule has 0 spiro atoms. The molecule has 0 saturated heterocycles. The summed E-state index contributed by atoms with van der Waals surface area (Å²) in [5, 5.41) is 17.4. The largest absolute Gasteiger partial charge is 0.497 e. The third-order valence-corrected chi connectivity index (χ3v) is 3.77. The molecule has 0 bridgehead atoms. The van der Waals surface area contributed by atoms with Crippen molar-refractivity contribution in [2.24, 2.45) is 0 Å². The van der Waals surface area contributed by atoms with Crippen molar-refractivity contribution in [3.63, 3.8) is 0 Å². The van der Waals surface area contributed by atoms with Gasteiger partial charge in [0.1, 0.15) is 23.6 Å². The molecule has 0 radical (unpaired) electrons. The highest BCUT2D eigenvalue weighted by Gasteiger charge is 2.24. The average molecular weight is 385 g/mol. The first-order valence-corrected chi connectivity index (χ1v) is 8.03. The van der Waals surface area contributed by atoms with E-state index in [0.717, 1.165) is 0 Å². The van der Waals surface area contributed by atoms with E-state index >= 15 is 0 Å². The first kappa shape index (κ1) is 18.8. The molecule has 28 heavy (non-hydrogen) atoms. The highest BCUT2D eigenvalue weighted by atomic mass is 19.1. The van der Waals surface area contributed by atoms with Crippen molar-refractivity contribution in [3.8, 4) is 11.5 Å². The second kappa shape index (κ2) is 8.16. The van der Waals surface area contributed by atoms with Crippen LogP contribution in [0.5, 0.6) is 11.5 Å². The number of aromatic nitrogens is 2. The molecular weight excluding hydrogens is 369 g/mol. The molecule has 0 aliphatic heterocycles. The van der Waals surface area contributed by atoms with Gasteiger partial charge in [-0.15, -0.1) is 0 Å². The van der Waals surface area contributed by atoms with Crippen molar-refractivity contribution < 1.29 is 18.8 Å². The van der Waals surface area contributed by atoms with Gasteiger partial charge in [-0.2, -0.15) is 0 Å². The van der Waals surface area contributed by atoms with E-state index in [1.54, 1.807) is 18.2 Å². The van der Waals surface area contributed by atoms with Crippen molar-refractivity contribution in [2.75, 3.05) is 24.9 Å². The fourth-order valence-electron chi connectivity index (χ4n) is 2.44. The van der Waals surface area contributed by atoms with Gasteiger partial charge in [-0.3, -0.25) is 10.1 Å². The van der Waals surface area contributed by atoms with Crippen molar-refractivity contribution >= 4 is 28.7 Å². The van der Waals surface area contributed by atoms with Crippen molar-refractivity contribution in [1.29, 1.82) is 0 Å². The van der Waals surface area contributed by atoms with Crippen LogP contribution in [0.2, 0.25) is 0 Å². The number of nitrogens with one attached hydrogen (secondary N) is 2. The maximum absolute atomic E-state index is 13.1. The van der Waals surface area contributed by atoms with Crippen LogP contribution < -0.4 is 20.1 Å². The Morgan fingerprint density at radius 1 is 1.00 bits per heavy atom. The molecule has 1 heterocycles. The summed E-state index contributed by atoms with van der Waals surface area (Å²) in [6.07, 6.45) is 1.17. The molecule has 0 unspecified atom stereocenters. The molecule has 10 heteroatoms. The van der Waals surface area contributed by atoms with E-state index in [4.69, 9.17) is 9.47 Å². The molecule has 3 aromatic rings. The molecule has 2 N–H and O–H groups in total. The lowest BCUT2D eigenvalue weighted by Crippen LogP contribution is -2.06. The van der Waals surface area contributed by atoms with Gasteiger partial charge in [0.25, 0.3) is 0 Å². The number of hydrogen-bond donors (Lipinski definition) is 2. The third kappa shape index (κ3) is 4.06. The van der Waals surface area contributed by atoms with Gasteiger partial charge in [0.05, 0.1) is 24.8 Å². The number of benzene rings is 2. The summed E-state index contributed by atoms with van der Waals surface area (Å²) in [6.45, 7) is 0. The van der Waals surface area contributed by atoms with E-state index in [9.17, 15) is 14.5 Å². The fourth-order valence-corrected chi connectivity index (χ4v) is 2.44. The molecule has 9 nitrogen and oxygen atoms in total. The van der Waals surface area contributed by atoms with Gasteiger partial charge in [-0.1, -0.05) is 0 Å². The third-order valence-electron chi connectivity index (χ3n) is 3.77. The summed E-state index contributed by atoms with van der Waals surface area (Å²) in [5.74, 6) is 0.466. The van der Waals surface area contributed by atoms with Gasteiger partial charge < -0.3 is 20.1 Å². The van der Waals surface area contributed by atoms with Crippen LogP contribution in [0.4, 0.5) is 33.1 Å². The minimum absolute atomic E-state index is 0.0452. The van der Waals surface area contributed by atoms with E-state index < -0.39 is 10.7 Å². The summed E-state index contributed by atoms with van der Waals surface area (Å²) in [6, 6.07) is 10.3. The first-order valence-electron chi connectivity index (χ1n) is 8.03. The average Bonchev–Trinajstić information content (AvgIpc) is 2.69. The molecule has 0 saturated carbocycles. The maximum Gasteiger partial charge on any atom is 0.353 e. The van der Waals surface area contributed by atoms with Crippen LogP contribution in [-0.4, -0.2) is 29.1 Å². The SMILES string of the molecule is COc1ccc(OC)c(Nc2ncnc(Nc3ccc(F)cc3)c2[N+](=O)[O-])c1. The fraction of sp³-hybridized carbons (Fsp3) is 0.111. The number of rotatable bonds is 7. The molecule has 2 aromatic carbocycles. The number of methoxy groups -OCH3 is 2. The van der Waals surface area contributed by atoms with E-state index in [1.807, 2.05) is 0 Å². The minimum Gasteiger partial charge on any atom is -0.497 e. The minimum atomic E-state index is -0.610. The monoisotopic (exact) mass is 385 g/mol. The Hall–Kier alpha value is -3.95. The lowest BCUT2D eigenvalue weighted by Gasteiger charge is -2.13. The van der Waals surface area contributed by atoms with Gasteiger partial charge in [0.15, 0.2) is 0 Å². The predicted molar refractivity (Wildman–Crippen MR) is 101 cm³/mol. The summed E-state index contributed by atoms with van der Waals surface area (Å²) in [7, 11) is 2.98. The molecule has 0 atom stereocenters. The number of hydrogen-bond acceptors (Lipinski definition) is 8. The molecule has 144 valence electrons. The predicted octanol–water partition coefficient (Wildman–Crippen LogP) is 4.03. The van der Waals surface area contributed by atoms with Gasteiger partial charge in [0, 0.05) is 11.8 Å². The van der Waals surface area contributed by atoms with Crippen molar-refractivity contribution in [1.82, 2.24) is 9.97 Å². The lowest BCUT2D eigenvalue weighted by atomic mass is 10.2. The summed E-state index contributed by atoms with van der Waals surface area (Å²) in [5.41, 5.74) is 0.487.